The maximum Gasteiger partial charge on any atom is 0.276 e. The van der Waals surface area contributed by atoms with Crippen LogP contribution in [0.3, 0.4) is 0 Å². The fourth-order valence-corrected chi connectivity index (χ4v) is 2.86. The van der Waals surface area contributed by atoms with Gasteiger partial charge in [-0.05, 0) is 36.2 Å². The number of carbonyl (C=O) groups is 2. The zero-order chi connectivity index (χ0) is 21.2. The van der Waals surface area contributed by atoms with Gasteiger partial charge in [0.25, 0.3) is 11.8 Å². The van der Waals surface area contributed by atoms with Crippen molar-refractivity contribution in [2.45, 2.75) is 20.0 Å². The monoisotopic (exact) mass is 404 g/mol. The van der Waals surface area contributed by atoms with Crippen molar-refractivity contribution >= 4 is 11.8 Å². The summed E-state index contributed by atoms with van der Waals surface area (Å²) in [6.45, 7) is 2.05. The Morgan fingerprint density at radius 1 is 0.767 bits per heavy atom. The smallest absolute Gasteiger partial charge is 0.276 e. The van der Waals surface area contributed by atoms with Gasteiger partial charge in [0.15, 0.2) is 6.61 Å². The van der Waals surface area contributed by atoms with E-state index in [-0.39, 0.29) is 13.2 Å². The molecule has 6 nitrogen and oxygen atoms in total. The zero-order valence-electron chi connectivity index (χ0n) is 16.8. The molecule has 3 aromatic rings. The molecule has 0 bridgehead atoms. The van der Waals surface area contributed by atoms with Crippen LogP contribution in [0.25, 0.3) is 0 Å². The number of hydrazine groups is 1. The topological polar surface area (TPSA) is 76.7 Å². The Morgan fingerprint density at radius 3 is 2.20 bits per heavy atom. The number of benzene rings is 3. The van der Waals surface area contributed by atoms with E-state index >= 15 is 0 Å². The van der Waals surface area contributed by atoms with Gasteiger partial charge in [-0.25, -0.2) is 0 Å². The maximum absolute atomic E-state index is 12.5. The van der Waals surface area contributed by atoms with Gasteiger partial charge in [-0.3, -0.25) is 20.4 Å². The molecular formula is C24H24N2O4. The van der Waals surface area contributed by atoms with E-state index in [1.165, 1.54) is 0 Å². The standard InChI is InChI=1S/C24H24N2O4/c1-2-18-10-7-9-15-22(18)30-17-23(27)25-26-24(28)21-14-8-6-11-19(21)16-29-20-12-4-3-5-13-20/h3-15H,2,16-17H2,1H3,(H,25,27)(H,26,28). The van der Waals surface area contributed by atoms with Gasteiger partial charge < -0.3 is 9.47 Å². The third-order valence-electron chi connectivity index (χ3n) is 4.43. The summed E-state index contributed by atoms with van der Waals surface area (Å²) < 4.78 is 11.3. The molecule has 3 aromatic carbocycles. The zero-order valence-corrected chi connectivity index (χ0v) is 16.8. The summed E-state index contributed by atoms with van der Waals surface area (Å²) in [5.74, 6) is 0.493. The van der Waals surface area contributed by atoms with Crippen LogP contribution in [0.2, 0.25) is 0 Å². The molecule has 0 aliphatic carbocycles. The van der Waals surface area contributed by atoms with Crippen molar-refractivity contribution in [3.8, 4) is 11.5 Å². The molecule has 0 saturated heterocycles. The minimum absolute atomic E-state index is 0.198. The van der Waals surface area contributed by atoms with Crippen molar-refractivity contribution in [1.29, 1.82) is 0 Å². The number of para-hydroxylation sites is 2. The SMILES string of the molecule is CCc1ccccc1OCC(=O)NNC(=O)c1ccccc1COc1ccccc1. The van der Waals surface area contributed by atoms with Gasteiger partial charge in [-0.2, -0.15) is 0 Å². The van der Waals surface area contributed by atoms with E-state index in [2.05, 4.69) is 10.9 Å². The third-order valence-corrected chi connectivity index (χ3v) is 4.43. The Balaban J connectivity index is 1.52. The molecule has 0 radical (unpaired) electrons. The van der Waals surface area contributed by atoms with Crippen LogP contribution in [0.1, 0.15) is 28.4 Å². The number of carbonyl (C=O) groups excluding carboxylic acids is 2. The Morgan fingerprint density at radius 2 is 1.43 bits per heavy atom. The Labute approximate surface area is 175 Å². The van der Waals surface area contributed by atoms with Crippen molar-refractivity contribution in [2.75, 3.05) is 6.61 Å². The van der Waals surface area contributed by atoms with Crippen molar-refractivity contribution in [3.63, 3.8) is 0 Å². The number of hydrogen-bond donors (Lipinski definition) is 2. The summed E-state index contributed by atoms with van der Waals surface area (Å²) in [6, 6.07) is 24.0. The van der Waals surface area contributed by atoms with Crippen molar-refractivity contribution in [2.24, 2.45) is 0 Å². The van der Waals surface area contributed by atoms with Crippen LogP contribution >= 0.6 is 0 Å². The lowest BCUT2D eigenvalue weighted by molar-refractivity contribution is -0.123. The van der Waals surface area contributed by atoms with E-state index in [1.54, 1.807) is 12.1 Å². The molecule has 6 heteroatoms. The van der Waals surface area contributed by atoms with Gasteiger partial charge in [-0.15, -0.1) is 0 Å². The quantitative estimate of drug-likeness (QED) is 0.562. The van der Waals surface area contributed by atoms with E-state index in [9.17, 15) is 9.59 Å². The van der Waals surface area contributed by atoms with E-state index < -0.39 is 11.8 Å². The Bertz CT molecular complexity index is 989. The first-order chi connectivity index (χ1) is 14.7. The molecule has 3 rings (SSSR count). The molecule has 0 aromatic heterocycles. The number of ether oxygens (including phenoxy) is 2. The second-order valence-corrected chi connectivity index (χ2v) is 6.51. The van der Waals surface area contributed by atoms with Gasteiger partial charge in [0.2, 0.25) is 0 Å². The highest BCUT2D eigenvalue weighted by atomic mass is 16.5. The molecule has 0 atom stereocenters. The second kappa shape index (κ2) is 10.7. The third kappa shape index (κ3) is 5.85. The minimum atomic E-state index is -0.452. The van der Waals surface area contributed by atoms with Crippen molar-refractivity contribution in [1.82, 2.24) is 10.9 Å². The first-order valence-electron chi connectivity index (χ1n) is 9.73. The molecular weight excluding hydrogens is 380 g/mol. The highest BCUT2D eigenvalue weighted by Gasteiger charge is 2.13. The van der Waals surface area contributed by atoms with Crippen molar-refractivity contribution < 1.29 is 19.1 Å². The molecule has 30 heavy (non-hydrogen) atoms. The first kappa shape index (κ1) is 20.9. The van der Waals surface area contributed by atoms with Gasteiger partial charge >= 0.3 is 0 Å². The summed E-state index contributed by atoms with van der Waals surface area (Å²) in [4.78, 5) is 24.6. The number of aryl methyl sites for hydroxylation is 1. The summed E-state index contributed by atoms with van der Waals surface area (Å²) in [5.41, 5.74) is 6.96. The van der Waals surface area contributed by atoms with E-state index in [0.29, 0.717) is 22.6 Å². The molecule has 0 unspecified atom stereocenters. The van der Waals surface area contributed by atoms with Crippen LogP contribution in [-0.4, -0.2) is 18.4 Å². The predicted molar refractivity (Wildman–Crippen MR) is 114 cm³/mol. The fraction of sp³-hybridized carbons (Fsp3) is 0.167. The predicted octanol–water partition coefficient (Wildman–Crippen LogP) is 3.67. The highest BCUT2D eigenvalue weighted by Crippen LogP contribution is 2.18. The lowest BCUT2D eigenvalue weighted by Crippen LogP contribution is -2.44. The van der Waals surface area contributed by atoms with Gasteiger partial charge in [0.1, 0.15) is 18.1 Å². The Kier molecular flexibility index (Phi) is 7.44. The summed E-state index contributed by atoms with van der Waals surface area (Å²) in [5, 5.41) is 0. The van der Waals surface area contributed by atoms with Crippen LogP contribution in [0.4, 0.5) is 0 Å². The molecule has 0 aliphatic heterocycles. The molecule has 2 N–H and O–H groups in total. The highest BCUT2D eigenvalue weighted by molar-refractivity contribution is 5.96. The summed E-state index contributed by atoms with van der Waals surface area (Å²) in [7, 11) is 0. The number of nitrogens with one attached hydrogen (secondary N) is 2. The van der Waals surface area contributed by atoms with Crippen molar-refractivity contribution in [3.05, 3.63) is 95.6 Å². The second-order valence-electron chi connectivity index (χ2n) is 6.51. The maximum atomic E-state index is 12.5. The van der Waals surface area contributed by atoms with Crippen LogP contribution in [0.15, 0.2) is 78.9 Å². The van der Waals surface area contributed by atoms with Crippen LogP contribution < -0.4 is 20.3 Å². The van der Waals surface area contributed by atoms with Gasteiger partial charge in [0, 0.05) is 11.1 Å². The average Bonchev–Trinajstić information content (AvgIpc) is 2.80. The molecule has 0 saturated carbocycles. The number of hydrogen-bond acceptors (Lipinski definition) is 4. The van der Waals surface area contributed by atoms with Gasteiger partial charge in [0.05, 0.1) is 0 Å². The molecule has 0 fully saturated rings. The summed E-state index contributed by atoms with van der Waals surface area (Å²) in [6.07, 6.45) is 0.802. The van der Waals surface area contributed by atoms with Crippen LogP contribution in [-0.2, 0) is 17.8 Å². The minimum Gasteiger partial charge on any atom is -0.489 e. The molecule has 0 spiro atoms. The lowest BCUT2D eigenvalue weighted by Gasteiger charge is -2.13. The fourth-order valence-electron chi connectivity index (χ4n) is 2.86. The van der Waals surface area contributed by atoms with E-state index in [4.69, 9.17) is 9.47 Å². The van der Waals surface area contributed by atoms with Crippen LogP contribution in [0.5, 0.6) is 11.5 Å². The molecule has 0 aliphatic rings. The summed E-state index contributed by atoms with van der Waals surface area (Å²) >= 11 is 0. The number of amides is 2. The van der Waals surface area contributed by atoms with E-state index in [0.717, 1.165) is 12.0 Å². The van der Waals surface area contributed by atoms with Crippen LogP contribution in [0, 0.1) is 0 Å². The Hall–Kier alpha value is -3.80. The largest absolute Gasteiger partial charge is 0.489 e. The first-order valence-corrected chi connectivity index (χ1v) is 9.73. The number of rotatable bonds is 8. The molecule has 154 valence electrons. The normalized spacial score (nSPS) is 10.2. The average molecular weight is 404 g/mol. The van der Waals surface area contributed by atoms with E-state index in [1.807, 2.05) is 73.7 Å². The molecule has 0 heterocycles. The lowest BCUT2D eigenvalue weighted by atomic mass is 10.1. The van der Waals surface area contributed by atoms with Gasteiger partial charge in [-0.1, -0.05) is 61.5 Å². The molecule has 2 amide bonds.